The minimum atomic E-state index is -4.16. The summed E-state index contributed by atoms with van der Waals surface area (Å²) in [5.74, 6) is 1.21. The summed E-state index contributed by atoms with van der Waals surface area (Å²) in [6.45, 7) is 4.23. The highest BCUT2D eigenvalue weighted by molar-refractivity contribution is 14.0. The Morgan fingerprint density at radius 2 is 2.05 bits per heavy atom. The third-order valence-corrected chi connectivity index (χ3v) is 2.97. The summed E-state index contributed by atoms with van der Waals surface area (Å²) in [5, 5.41) is 2.98. The van der Waals surface area contributed by atoms with Crippen molar-refractivity contribution in [3.63, 3.8) is 0 Å². The Morgan fingerprint density at radius 3 is 2.57 bits per heavy atom. The van der Waals surface area contributed by atoms with Crippen molar-refractivity contribution < 1.29 is 17.9 Å². The summed E-state index contributed by atoms with van der Waals surface area (Å²) in [4.78, 5) is 5.78. The van der Waals surface area contributed by atoms with E-state index in [0.717, 1.165) is 6.61 Å². The zero-order valence-corrected chi connectivity index (χ0v) is 14.9. The molecule has 0 atom stereocenters. The van der Waals surface area contributed by atoms with Gasteiger partial charge in [0, 0.05) is 26.7 Å². The van der Waals surface area contributed by atoms with Crippen molar-refractivity contribution >= 4 is 29.9 Å². The van der Waals surface area contributed by atoms with E-state index in [1.54, 1.807) is 11.9 Å². The van der Waals surface area contributed by atoms with Crippen LogP contribution in [0.4, 0.5) is 13.2 Å². The van der Waals surface area contributed by atoms with E-state index in [4.69, 9.17) is 4.74 Å². The number of halogens is 4. The molecule has 126 valence electrons. The summed E-state index contributed by atoms with van der Waals surface area (Å²) in [7, 11) is 1.80. The van der Waals surface area contributed by atoms with Gasteiger partial charge in [0.05, 0.1) is 19.6 Å². The summed E-state index contributed by atoms with van der Waals surface area (Å²) in [5.41, 5.74) is 0. The average molecular weight is 423 g/mol. The highest BCUT2D eigenvalue weighted by atomic mass is 127. The lowest BCUT2D eigenvalue weighted by atomic mass is 10.4. The molecule has 1 saturated carbocycles. The van der Waals surface area contributed by atoms with Crippen LogP contribution in [-0.2, 0) is 4.74 Å². The van der Waals surface area contributed by atoms with Crippen molar-refractivity contribution in [3.8, 4) is 0 Å². The van der Waals surface area contributed by atoms with Crippen LogP contribution in [0.2, 0.25) is 0 Å². The molecule has 0 heterocycles. The van der Waals surface area contributed by atoms with E-state index in [0.29, 0.717) is 31.6 Å². The third kappa shape index (κ3) is 11.0. The van der Waals surface area contributed by atoms with Gasteiger partial charge in [-0.2, -0.15) is 13.2 Å². The number of aliphatic imine (C=N–C) groups is 1. The number of nitrogens with zero attached hydrogens (tertiary/aromatic N) is 2. The SMILES string of the molecule is CCNC(=NCCC(F)(F)F)N(C)CCOCC1CC1.I. The van der Waals surface area contributed by atoms with Crippen LogP contribution in [0.5, 0.6) is 0 Å². The van der Waals surface area contributed by atoms with Gasteiger partial charge in [0.2, 0.25) is 0 Å². The van der Waals surface area contributed by atoms with Crippen LogP contribution in [-0.4, -0.2) is 56.9 Å². The van der Waals surface area contributed by atoms with E-state index in [1.165, 1.54) is 12.8 Å². The first-order chi connectivity index (χ1) is 9.42. The van der Waals surface area contributed by atoms with Gasteiger partial charge in [-0.05, 0) is 25.7 Å². The number of hydrogen-bond donors (Lipinski definition) is 1. The quantitative estimate of drug-likeness (QED) is 0.283. The number of nitrogens with one attached hydrogen (secondary N) is 1. The topological polar surface area (TPSA) is 36.9 Å². The Labute approximate surface area is 141 Å². The average Bonchev–Trinajstić information content (AvgIpc) is 3.16. The van der Waals surface area contributed by atoms with Crippen molar-refractivity contribution in [3.05, 3.63) is 0 Å². The van der Waals surface area contributed by atoms with E-state index in [-0.39, 0.29) is 30.5 Å². The molecule has 4 nitrogen and oxygen atoms in total. The standard InChI is InChI=1S/C13H24F3N3O.HI/c1-3-17-12(18-7-6-13(14,15)16)19(2)8-9-20-10-11-4-5-11;/h11H,3-10H2,1-2H3,(H,17,18);1H. The van der Waals surface area contributed by atoms with E-state index < -0.39 is 12.6 Å². The van der Waals surface area contributed by atoms with Crippen LogP contribution >= 0.6 is 24.0 Å². The van der Waals surface area contributed by atoms with E-state index in [9.17, 15) is 13.2 Å². The number of ether oxygens (including phenoxy) is 1. The molecule has 8 heteroatoms. The van der Waals surface area contributed by atoms with Crippen LogP contribution < -0.4 is 5.32 Å². The van der Waals surface area contributed by atoms with Crippen molar-refractivity contribution in [2.75, 3.05) is 39.9 Å². The smallest absolute Gasteiger partial charge is 0.379 e. The Kier molecular flexibility index (Phi) is 10.3. The fourth-order valence-corrected chi connectivity index (χ4v) is 1.60. The molecule has 0 aromatic carbocycles. The van der Waals surface area contributed by atoms with Gasteiger partial charge in [0.15, 0.2) is 5.96 Å². The fraction of sp³-hybridized carbons (Fsp3) is 0.923. The summed E-state index contributed by atoms with van der Waals surface area (Å²) in [6.07, 6.45) is -2.56. The zero-order valence-electron chi connectivity index (χ0n) is 12.6. The summed E-state index contributed by atoms with van der Waals surface area (Å²) < 4.78 is 41.8. The monoisotopic (exact) mass is 423 g/mol. The molecule has 1 fully saturated rings. The van der Waals surface area contributed by atoms with Crippen LogP contribution in [0.25, 0.3) is 0 Å². The minimum absolute atomic E-state index is 0. The number of guanidine groups is 1. The first kappa shape index (κ1) is 20.8. The minimum Gasteiger partial charge on any atom is -0.379 e. The molecule has 0 saturated heterocycles. The molecule has 0 radical (unpaired) electrons. The molecule has 1 N–H and O–H groups in total. The van der Waals surface area contributed by atoms with E-state index in [1.807, 2.05) is 6.92 Å². The van der Waals surface area contributed by atoms with E-state index >= 15 is 0 Å². The van der Waals surface area contributed by atoms with Crippen LogP contribution in [0.15, 0.2) is 4.99 Å². The largest absolute Gasteiger partial charge is 0.390 e. The Balaban J connectivity index is 0.00000400. The second-order valence-electron chi connectivity index (χ2n) is 5.04. The maximum Gasteiger partial charge on any atom is 0.390 e. The van der Waals surface area contributed by atoms with Gasteiger partial charge in [-0.25, -0.2) is 0 Å². The first-order valence-electron chi connectivity index (χ1n) is 7.06. The molecule has 0 amide bonds. The Bertz CT molecular complexity index is 310. The molecule has 1 aliphatic rings. The normalized spacial score (nSPS) is 15.6. The predicted octanol–water partition coefficient (Wildman–Crippen LogP) is 2.88. The van der Waals surface area contributed by atoms with Gasteiger partial charge < -0.3 is 15.0 Å². The third-order valence-electron chi connectivity index (χ3n) is 2.97. The summed E-state index contributed by atoms with van der Waals surface area (Å²) in [6, 6.07) is 0. The second-order valence-corrected chi connectivity index (χ2v) is 5.04. The Hall–Kier alpha value is -0.250. The number of likely N-dealkylation sites (N-methyl/N-ethyl adjacent to an activating group) is 1. The number of rotatable bonds is 8. The van der Waals surface area contributed by atoms with Crippen molar-refractivity contribution in [1.82, 2.24) is 10.2 Å². The maximum absolute atomic E-state index is 12.1. The van der Waals surface area contributed by atoms with Crippen LogP contribution in [0, 0.1) is 5.92 Å². The number of hydrogen-bond acceptors (Lipinski definition) is 2. The highest BCUT2D eigenvalue weighted by Crippen LogP contribution is 2.28. The lowest BCUT2D eigenvalue weighted by Crippen LogP contribution is -2.40. The van der Waals surface area contributed by atoms with Crippen molar-refractivity contribution in [1.29, 1.82) is 0 Å². The molecule has 0 aliphatic heterocycles. The van der Waals surface area contributed by atoms with Crippen LogP contribution in [0.3, 0.4) is 0 Å². The van der Waals surface area contributed by atoms with Gasteiger partial charge in [0.25, 0.3) is 0 Å². The highest BCUT2D eigenvalue weighted by Gasteiger charge is 2.26. The first-order valence-corrected chi connectivity index (χ1v) is 7.06. The molecule has 0 unspecified atom stereocenters. The van der Waals surface area contributed by atoms with Gasteiger partial charge >= 0.3 is 6.18 Å². The molecule has 0 bridgehead atoms. The van der Waals surface area contributed by atoms with Gasteiger partial charge in [-0.15, -0.1) is 24.0 Å². The van der Waals surface area contributed by atoms with Gasteiger partial charge in [-0.1, -0.05) is 0 Å². The summed E-state index contributed by atoms with van der Waals surface area (Å²) >= 11 is 0. The molecule has 0 aromatic heterocycles. The molecule has 21 heavy (non-hydrogen) atoms. The van der Waals surface area contributed by atoms with Crippen LogP contribution in [0.1, 0.15) is 26.2 Å². The zero-order chi connectivity index (χ0) is 15.0. The molecule has 0 spiro atoms. The maximum atomic E-state index is 12.1. The van der Waals surface area contributed by atoms with Gasteiger partial charge in [0.1, 0.15) is 0 Å². The molecular weight excluding hydrogens is 398 g/mol. The predicted molar refractivity (Wildman–Crippen MR) is 88.2 cm³/mol. The molecule has 1 rings (SSSR count). The lowest BCUT2D eigenvalue weighted by molar-refractivity contribution is -0.132. The van der Waals surface area contributed by atoms with Crippen molar-refractivity contribution in [2.24, 2.45) is 10.9 Å². The Morgan fingerprint density at radius 1 is 1.38 bits per heavy atom. The fourth-order valence-electron chi connectivity index (χ4n) is 1.60. The second kappa shape index (κ2) is 10.5. The number of alkyl halides is 3. The van der Waals surface area contributed by atoms with Gasteiger partial charge in [-0.3, -0.25) is 4.99 Å². The van der Waals surface area contributed by atoms with E-state index in [2.05, 4.69) is 10.3 Å². The van der Waals surface area contributed by atoms with Crippen molar-refractivity contribution in [2.45, 2.75) is 32.4 Å². The molecule has 0 aromatic rings. The molecule has 1 aliphatic carbocycles. The molecular formula is C13H25F3IN3O. The lowest BCUT2D eigenvalue weighted by Gasteiger charge is -2.22.